The Balaban J connectivity index is 2.00. The smallest absolute Gasteiger partial charge is 0.306 e. The van der Waals surface area contributed by atoms with Crippen molar-refractivity contribution in [2.45, 2.75) is 63.8 Å². The average Bonchev–Trinajstić information content (AvgIpc) is 2.45. The Kier molecular flexibility index (Phi) is 5.26. The van der Waals surface area contributed by atoms with E-state index in [1.165, 1.54) is 32.1 Å². The van der Waals surface area contributed by atoms with E-state index in [-0.39, 0.29) is 17.9 Å². The lowest BCUT2D eigenvalue weighted by Gasteiger charge is -2.36. The van der Waals surface area contributed by atoms with Gasteiger partial charge < -0.3 is 16.6 Å². The van der Waals surface area contributed by atoms with Crippen molar-refractivity contribution in [3.8, 4) is 0 Å². The Hall–Kier alpha value is -1.26. The van der Waals surface area contributed by atoms with Crippen LogP contribution in [0.15, 0.2) is 4.99 Å². The summed E-state index contributed by atoms with van der Waals surface area (Å²) in [5.74, 6) is 0.394. The van der Waals surface area contributed by atoms with Gasteiger partial charge in [-0.25, -0.2) is 4.99 Å². The van der Waals surface area contributed by atoms with E-state index in [1.807, 2.05) is 0 Å². The molecule has 0 radical (unpaired) electrons. The molecule has 0 aliphatic heterocycles. The molecule has 0 aromatic heterocycles. The zero-order valence-corrected chi connectivity index (χ0v) is 12.1. The number of carboxylic acid groups (broad SMARTS) is 1. The fourth-order valence-electron chi connectivity index (χ4n) is 3.95. The number of guanidine groups is 1. The fourth-order valence-corrected chi connectivity index (χ4v) is 3.95. The van der Waals surface area contributed by atoms with Gasteiger partial charge in [0, 0.05) is 0 Å². The van der Waals surface area contributed by atoms with Crippen molar-refractivity contribution < 1.29 is 9.90 Å². The molecule has 0 aromatic carbocycles. The van der Waals surface area contributed by atoms with Gasteiger partial charge in [-0.1, -0.05) is 19.3 Å². The SMILES string of the molecule is NC(N)=NC(C1CCCCC1)C1CCC(C(=O)O)CC1. The molecule has 0 aromatic rings. The highest BCUT2D eigenvalue weighted by Gasteiger charge is 2.34. The molecule has 2 aliphatic rings. The summed E-state index contributed by atoms with van der Waals surface area (Å²) in [6, 6.07) is 0.204. The molecule has 20 heavy (non-hydrogen) atoms. The molecule has 2 saturated carbocycles. The predicted molar refractivity (Wildman–Crippen MR) is 79.3 cm³/mol. The molecule has 5 heteroatoms. The van der Waals surface area contributed by atoms with Gasteiger partial charge in [0.1, 0.15) is 0 Å². The summed E-state index contributed by atoms with van der Waals surface area (Å²) < 4.78 is 0. The number of hydrogen-bond acceptors (Lipinski definition) is 2. The first-order chi connectivity index (χ1) is 9.58. The summed E-state index contributed by atoms with van der Waals surface area (Å²) in [7, 11) is 0. The largest absolute Gasteiger partial charge is 0.481 e. The van der Waals surface area contributed by atoms with Crippen LogP contribution in [0.3, 0.4) is 0 Å². The molecule has 2 aliphatic carbocycles. The Morgan fingerprint density at radius 3 is 2.00 bits per heavy atom. The number of aliphatic carboxylic acids is 1. The lowest BCUT2D eigenvalue weighted by molar-refractivity contribution is -0.143. The van der Waals surface area contributed by atoms with Crippen LogP contribution in [-0.2, 0) is 4.79 Å². The molecule has 2 rings (SSSR count). The van der Waals surface area contributed by atoms with E-state index >= 15 is 0 Å². The van der Waals surface area contributed by atoms with Crippen LogP contribution in [0.5, 0.6) is 0 Å². The van der Waals surface area contributed by atoms with E-state index in [1.54, 1.807) is 0 Å². The molecular formula is C15H27N3O2. The van der Waals surface area contributed by atoms with Gasteiger partial charge in [-0.15, -0.1) is 0 Å². The quantitative estimate of drug-likeness (QED) is 0.542. The molecule has 5 nitrogen and oxygen atoms in total. The van der Waals surface area contributed by atoms with Crippen LogP contribution >= 0.6 is 0 Å². The monoisotopic (exact) mass is 281 g/mol. The summed E-state index contributed by atoms with van der Waals surface area (Å²) in [5.41, 5.74) is 11.2. The van der Waals surface area contributed by atoms with Gasteiger partial charge in [0.15, 0.2) is 5.96 Å². The summed E-state index contributed by atoms with van der Waals surface area (Å²) in [6.07, 6.45) is 9.69. The molecule has 0 saturated heterocycles. The molecule has 2 fully saturated rings. The predicted octanol–water partition coefficient (Wildman–Crippen LogP) is 2.10. The van der Waals surface area contributed by atoms with Crippen LogP contribution in [0.1, 0.15) is 57.8 Å². The van der Waals surface area contributed by atoms with Crippen molar-refractivity contribution in [1.29, 1.82) is 0 Å². The van der Waals surface area contributed by atoms with Crippen LogP contribution in [0, 0.1) is 17.8 Å². The third-order valence-electron chi connectivity index (χ3n) is 5.04. The molecule has 5 N–H and O–H groups in total. The lowest BCUT2D eigenvalue weighted by Crippen LogP contribution is -2.36. The number of nitrogens with two attached hydrogens (primary N) is 2. The Morgan fingerprint density at radius 2 is 1.50 bits per heavy atom. The molecule has 0 spiro atoms. The van der Waals surface area contributed by atoms with Crippen molar-refractivity contribution in [3.63, 3.8) is 0 Å². The van der Waals surface area contributed by atoms with E-state index in [4.69, 9.17) is 16.6 Å². The van der Waals surface area contributed by atoms with E-state index < -0.39 is 5.97 Å². The molecule has 1 unspecified atom stereocenters. The van der Waals surface area contributed by atoms with E-state index in [0.29, 0.717) is 11.8 Å². The Morgan fingerprint density at radius 1 is 0.950 bits per heavy atom. The molecular weight excluding hydrogens is 254 g/mol. The highest BCUT2D eigenvalue weighted by Crippen LogP contribution is 2.39. The highest BCUT2D eigenvalue weighted by atomic mass is 16.4. The minimum Gasteiger partial charge on any atom is -0.481 e. The number of carbonyl (C=O) groups is 1. The molecule has 0 amide bonds. The van der Waals surface area contributed by atoms with Crippen LogP contribution in [-0.4, -0.2) is 23.1 Å². The maximum absolute atomic E-state index is 11.0. The van der Waals surface area contributed by atoms with Crippen LogP contribution in [0.25, 0.3) is 0 Å². The fraction of sp³-hybridized carbons (Fsp3) is 0.867. The molecule has 1 atom stereocenters. The first-order valence-corrected chi connectivity index (χ1v) is 7.89. The maximum atomic E-state index is 11.0. The third kappa shape index (κ3) is 3.87. The number of carboxylic acids is 1. The van der Waals surface area contributed by atoms with E-state index in [9.17, 15) is 4.79 Å². The van der Waals surface area contributed by atoms with Crippen LogP contribution in [0.2, 0.25) is 0 Å². The number of aliphatic imine (C=N–C) groups is 1. The van der Waals surface area contributed by atoms with Crippen LogP contribution in [0.4, 0.5) is 0 Å². The van der Waals surface area contributed by atoms with Gasteiger partial charge in [0.2, 0.25) is 0 Å². The summed E-state index contributed by atoms with van der Waals surface area (Å²) >= 11 is 0. The van der Waals surface area contributed by atoms with Crippen molar-refractivity contribution >= 4 is 11.9 Å². The summed E-state index contributed by atoms with van der Waals surface area (Å²) in [6.45, 7) is 0. The zero-order valence-electron chi connectivity index (χ0n) is 12.1. The van der Waals surface area contributed by atoms with Gasteiger partial charge in [-0.05, 0) is 50.4 Å². The van der Waals surface area contributed by atoms with Gasteiger partial charge in [0.05, 0.1) is 12.0 Å². The van der Waals surface area contributed by atoms with Gasteiger partial charge in [-0.2, -0.15) is 0 Å². The summed E-state index contributed by atoms with van der Waals surface area (Å²) in [4.78, 5) is 15.6. The van der Waals surface area contributed by atoms with Gasteiger partial charge >= 0.3 is 5.97 Å². The number of hydrogen-bond donors (Lipinski definition) is 3. The third-order valence-corrected chi connectivity index (χ3v) is 5.04. The van der Waals surface area contributed by atoms with Gasteiger partial charge in [-0.3, -0.25) is 4.79 Å². The van der Waals surface area contributed by atoms with Crippen molar-refractivity contribution in [2.24, 2.45) is 34.2 Å². The second-order valence-corrected chi connectivity index (χ2v) is 6.39. The highest BCUT2D eigenvalue weighted by molar-refractivity contribution is 5.76. The minimum absolute atomic E-state index is 0.169. The minimum atomic E-state index is -0.653. The normalized spacial score (nSPS) is 29.6. The summed E-state index contributed by atoms with van der Waals surface area (Å²) in [5, 5.41) is 9.09. The van der Waals surface area contributed by atoms with Crippen molar-refractivity contribution in [2.75, 3.05) is 0 Å². The maximum Gasteiger partial charge on any atom is 0.306 e. The first kappa shape index (κ1) is 15.1. The number of rotatable bonds is 4. The van der Waals surface area contributed by atoms with Gasteiger partial charge in [0.25, 0.3) is 0 Å². The number of nitrogens with zero attached hydrogens (tertiary/aromatic N) is 1. The average molecular weight is 281 g/mol. The second-order valence-electron chi connectivity index (χ2n) is 6.39. The van der Waals surface area contributed by atoms with Crippen LogP contribution < -0.4 is 11.5 Å². The lowest BCUT2D eigenvalue weighted by atomic mass is 9.72. The standard InChI is InChI=1S/C15H27N3O2/c16-15(17)18-13(10-4-2-1-3-5-10)11-6-8-12(9-7-11)14(19)20/h10-13H,1-9H2,(H,19,20)(H4,16,17,18). The van der Waals surface area contributed by atoms with E-state index in [2.05, 4.69) is 4.99 Å². The molecule has 114 valence electrons. The van der Waals surface area contributed by atoms with Crippen molar-refractivity contribution in [1.82, 2.24) is 0 Å². The molecule has 0 heterocycles. The Bertz CT molecular complexity index is 352. The molecule has 0 bridgehead atoms. The first-order valence-electron chi connectivity index (χ1n) is 7.89. The Labute approximate surface area is 120 Å². The topological polar surface area (TPSA) is 102 Å². The second kappa shape index (κ2) is 6.95. The zero-order chi connectivity index (χ0) is 14.5. The van der Waals surface area contributed by atoms with E-state index in [0.717, 1.165) is 25.7 Å². The van der Waals surface area contributed by atoms with Crippen molar-refractivity contribution in [3.05, 3.63) is 0 Å².